The Morgan fingerprint density at radius 2 is 0.912 bits per heavy atom. The van der Waals surface area contributed by atoms with Crippen LogP contribution in [-0.4, -0.2) is 103 Å². The van der Waals surface area contributed by atoms with E-state index in [1.807, 2.05) is 59.1 Å². The summed E-state index contributed by atoms with van der Waals surface area (Å²) < 4.78 is 39.9. The lowest BCUT2D eigenvalue weighted by Crippen LogP contribution is -2.48. The number of benzene rings is 3. The number of Topliss-reactive ketones (excluding diaryl/α,β-unsaturated/α-hetero) is 1. The van der Waals surface area contributed by atoms with Gasteiger partial charge in [0, 0.05) is 77.0 Å². The molecule has 91 heavy (non-hydrogen) atoms. The number of carbonyl (C=O) groups excluding carboxylic acids is 1. The van der Waals surface area contributed by atoms with Crippen LogP contribution in [0.4, 0.5) is 30.6 Å². The van der Waals surface area contributed by atoms with Crippen molar-refractivity contribution < 1.29 is 18.0 Å². The fourth-order valence-corrected chi connectivity index (χ4v) is 17.7. The van der Waals surface area contributed by atoms with E-state index in [0.717, 1.165) is 122 Å². The van der Waals surface area contributed by atoms with Gasteiger partial charge in [-0.1, -0.05) is 30.3 Å². The zero-order chi connectivity index (χ0) is 63.1. The van der Waals surface area contributed by atoms with Crippen LogP contribution in [0.25, 0.3) is 35.5 Å². The van der Waals surface area contributed by atoms with Crippen molar-refractivity contribution in [3.8, 4) is 0 Å². The fourth-order valence-electron chi connectivity index (χ4n) is 14.0. The maximum absolute atomic E-state index is 13.8. The minimum atomic E-state index is -0.846. The summed E-state index contributed by atoms with van der Waals surface area (Å²) in [5, 5.41) is 18.3. The molecule has 1 unspecified atom stereocenters. The molecule has 1 atom stereocenters. The summed E-state index contributed by atoms with van der Waals surface area (Å²) in [7, 11) is 0. The van der Waals surface area contributed by atoms with E-state index in [1.165, 1.54) is 161 Å². The number of piperidine rings is 3. The number of hydrogen-bond donors (Lipinski definition) is 4. The highest BCUT2D eigenvalue weighted by atomic mass is 32.1. The largest absolute Gasteiger partial charge is 0.367 e. The number of hydrogen-bond acceptors (Lipinski definition) is 16. The molecule has 9 aromatic rings. The molecule has 0 radical (unpaired) electrons. The minimum absolute atomic E-state index is 0.112. The Kier molecular flexibility index (Phi) is 20.4. The molecular formula is C71H82F3N13OS3. The van der Waals surface area contributed by atoms with Crippen LogP contribution in [0.5, 0.6) is 0 Å². The maximum Gasteiger partial charge on any atom is 0.311 e. The highest BCUT2D eigenvalue weighted by Gasteiger charge is 2.42. The van der Waals surface area contributed by atoms with E-state index in [9.17, 15) is 18.0 Å². The standard InChI is InChI=1S/C24H26FN5S.C24H29FN4S.C15H20N4S.C8H7FO/c1-24(26-2,16-6-5-7-17(25)14-16)30-12-10-18(11-13-30)29-22-21-19-8-3-4-9-20(19)31-23(21)28-15-27-22;1-24(2,16-6-5-7-17(25)14-16)29-12-10-18(11-13-29)28-22-21-19-8-3-4-9-20(19)30-23(21)27-15-26-22;1-2-4-12-11(3-1)13-14(17-9-18-15(13)20-12)19-10-5-7-16-8-6-10;1-6(10)7-3-2-4-8(9)5-7/h5-7,14-15,18H,3-4,8-13H2,1H3,(H,27,28,29);5-7,14-15,18H,3-4,8-13H2,1-2H3,(H,26,27,28);9-10,16H,1-8H2,(H,17,18,19);2-5H,1H3. The summed E-state index contributed by atoms with van der Waals surface area (Å²) in [5.41, 5.74) is 5.59. The van der Waals surface area contributed by atoms with Gasteiger partial charge in [-0.15, -0.1) is 34.0 Å². The Morgan fingerprint density at radius 3 is 1.32 bits per heavy atom. The molecule has 4 N–H and O–H groups in total. The number of likely N-dealkylation sites (tertiary alicyclic amines) is 2. The molecule has 14 nitrogen and oxygen atoms in total. The van der Waals surface area contributed by atoms with Gasteiger partial charge in [0.25, 0.3) is 0 Å². The molecule has 0 saturated carbocycles. The zero-order valence-corrected chi connectivity index (χ0v) is 55.1. The third kappa shape index (κ3) is 14.6. The number of halogens is 3. The molecule has 6 aliphatic rings. The summed E-state index contributed by atoms with van der Waals surface area (Å²) in [6.07, 6.45) is 26.1. The summed E-state index contributed by atoms with van der Waals surface area (Å²) >= 11 is 5.54. The van der Waals surface area contributed by atoms with E-state index in [-0.39, 0.29) is 28.8 Å². The summed E-state index contributed by atoms with van der Waals surface area (Å²) in [6, 6.07) is 20.4. The summed E-state index contributed by atoms with van der Waals surface area (Å²) in [5.74, 6) is 2.11. The van der Waals surface area contributed by atoms with Gasteiger partial charge in [-0.25, -0.2) is 54.5 Å². The predicted octanol–water partition coefficient (Wildman–Crippen LogP) is 15.7. The van der Waals surface area contributed by atoms with Gasteiger partial charge in [-0.05, 0) is 214 Å². The van der Waals surface area contributed by atoms with Crippen molar-refractivity contribution >= 4 is 87.9 Å². The third-order valence-corrected chi connectivity index (χ3v) is 23.0. The Balaban J connectivity index is 0.000000125. The molecule has 9 heterocycles. The van der Waals surface area contributed by atoms with E-state index in [2.05, 4.69) is 79.7 Å². The lowest BCUT2D eigenvalue weighted by atomic mass is 9.89. The van der Waals surface area contributed by atoms with E-state index >= 15 is 0 Å². The maximum atomic E-state index is 13.8. The second-order valence-corrected chi connectivity index (χ2v) is 28.8. The number of ketones is 1. The molecule has 476 valence electrons. The molecule has 3 fully saturated rings. The Bertz CT molecular complexity index is 4050. The van der Waals surface area contributed by atoms with Gasteiger partial charge in [0.05, 0.1) is 21.7 Å². The number of aryl methyl sites for hydroxylation is 6. The number of anilines is 3. The molecule has 20 heteroatoms. The number of nitrogens with zero attached hydrogens (tertiary/aromatic N) is 9. The molecule has 3 aliphatic heterocycles. The van der Waals surface area contributed by atoms with Gasteiger partial charge in [0.15, 0.2) is 5.78 Å². The Labute approximate surface area is 544 Å². The molecule has 0 spiro atoms. The average molecular weight is 1290 g/mol. The van der Waals surface area contributed by atoms with Crippen molar-refractivity contribution in [1.29, 1.82) is 0 Å². The van der Waals surface area contributed by atoms with Crippen molar-refractivity contribution in [2.45, 2.75) is 173 Å². The first kappa shape index (κ1) is 64.1. The molecule has 15 rings (SSSR count). The number of fused-ring (bicyclic) bond motifs is 9. The lowest BCUT2D eigenvalue weighted by Gasteiger charge is -2.43. The number of thiophene rings is 3. The molecule has 3 aromatic carbocycles. The summed E-state index contributed by atoms with van der Waals surface area (Å²) in [4.78, 5) is 54.5. The second kappa shape index (κ2) is 28.9. The molecular weight excluding hydrogens is 1200 g/mol. The number of carbonyl (C=O) groups is 1. The van der Waals surface area contributed by atoms with Crippen LogP contribution in [-0.2, 0) is 49.7 Å². The summed E-state index contributed by atoms with van der Waals surface area (Å²) in [6.45, 7) is 21.3. The van der Waals surface area contributed by atoms with Crippen LogP contribution in [0, 0.1) is 24.0 Å². The SMILES string of the molecule is CC(=O)c1cccc(F)c1.CC(C)(c1cccc(F)c1)N1CCC(Nc2ncnc3sc4c(c23)CCCC4)CC1.[C-]#[N+]C(C)(c1cccc(F)c1)N1CCC(Nc2ncnc3sc4c(c23)CCCC4)CC1.c1nc(NC2CCNCC2)c2c3c(sc2n1)CCCC3. The molecule has 0 amide bonds. The second-order valence-electron chi connectivity index (χ2n) is 25.6. The van der Waals surface area contributed by atoms with Crippen LogP contribution in [0.15, 0.2) is 91.8 Å². The topological polar surface area (TPSA) is 153 Å². The van der Waals surface area contributed by atoms with Crippen LogP contribution in [0.3, 0.4) is 0 Å². The lowest BCUT2D eigenvalue weighted by molar-refractivity contribution is 0.0897. The van der Waals surface area contributed by atoms with Gasteiger partial charge >= 0.3 is 5.66 Å². The van der Waals surface area contributed by atoms with E-state index in [1.54, 1.807) is 42.1 Å². The van der Waals surface area contributed by atoms with Crippen molar-refractivity contribution in [1.82, 2.24) is 45.0 Å². The monoisotopic (exact) mass is 1290 g/mol. The van der Waals surface area contributed by atoms with E-state index < -0.39 is 5.66 Å². The van der Waals surface area contributed by atoms with Crippen molar-refractivity contribution in [3.05, 3.63) is 169 Å². The van der Waals surface area contributed by atoms with Crippen LogP contribution < -0.4 is 21.3 Å². The Morgan fingerprint density at radius 1 is 0.527 bits per heavy atom. The van der Waals surface area contributed by atoms with Gasteiger partial charge in [-0.2, -0.15) is 0 Å². The van der Waals surface area contributed by atoms with Gasteiger partial charge < -0.3 is 21.3 Å². The van der Waals surface area contributed by atoms with E-state index in [0.29, 0.717) is 23.7 Å². The first-order valence-corrected chi connectivity index (χ1v) is 35.1. The first-order valence-electron chi connectivity index (χ1n) is 32.7. The van der Waals surface area contributed by atoms with Crippen LogP contribution in [0.2, 0.25) is 0 Å². The highest BCUT2D eigenvalue weighted by Crippen LogP contribution is 2.43. The number of rotatable bonds is 11. The minimum Gasteiger partial charge on any atom is -0.367 e. The van der Waals surface area contributed by atoms with Crippen molar-refractivity contribution in [3.63, 3.8) is 0 Å². The smallest absolute Gasteiger partial charge is 0.311 e. The van der Waals surface area contributed by atoms with Crippen molar-refractivity contribution in [2.75, 3.05) is 55.2 Å². The first-order chi connectivity index (χ1) is 44.2. The predicted molar refractivity (Wildman–Crippen MR) is 364 cm³/mol. The quantitative estimate of drug-likeness (QED) is 0.0718. The van der Waals surface area contributed by atoms with E-state index in [4.69, 9.17) is 6.57 Å². The number of aromatic nitrogens is 6. The third-order valence-electron chi connectivity index (χ3n) is 19.4. The fraction of sp³-hybridized carbons (Fsp3) is 0.465. The van der Waals surface area contributed by atoms with Crippen molar-refractivity contribution in [2.24, 2.45) is 0 Å². The zero-order valence-electron chi connectivity index (χ0n) is 52.7. The van der Waals surface area contributed by atoms with Gasteiger partial charge in [-0.3, -0.25) is 14.5 Å². The van der Waals surface area contributed by atoms with Gasteiger partial charge in [0.1, 0.15) is 68.4 Å². The normalized spacial score (nSPS) is 18.2. The number of nitrogens with one attached hydrogen (secondary N) is 4. The van der Waals surface area contributed by atoms with Crippen LogP contribution in [0.1, 0.15) is 158 Å². The molecule has 0 bridgehead atoms. The average Bonchev–Trinajstić information content (AvgIpc) is 1.73. The Hall–Kier alpha value is -6.99. The molecule has 3 saturated heterocycles. The van der Waals surface area contributed by atoms with Gasteiger partial charge in [0.2, 0.25) is 0 Å². The molecule has 3 aliphatic carbocycles. The highest BCUT2D eigenvalue weighted by molar-refractivity contribution is 7.19. The molecule has 6 aromatic heterocycles. The van der Waals surface area contributed by atoms with Crippen LogP contribution >= 0.6 is 34.0 Å².